The fraction of sp³-hybridized carbons (Fsp3) is 0.438. The minimum absolute atomic E-state index is 0.0407. The lowest BCUT2D eigenvalue weighted by Gasteiger charge is -2.21. The number of anilines is 1. The van der Waals surface area contributed by atoms with E-state index in [0.717, 1.165) is 5.69 Å². The first-order chi connectivity index (χ1) is 8.16. The molecule has 18 heavy (non-hydrogen) atoms. The van der Waals surface area contributed by atoms with E-state index >= 15 is 0 Å². The number of rotatable bonds is 3. The van der Waals surface area contributed by atoms with Crippen molar-refractivity contribution < 1.29 is 4.79 Å². The Morgan fingerprint density at radius 2 is 1.61 bits per heavy atom. The summed E-state index contributed by atoms with van der Waals surface area (Å²) in [5.41, 5.74) is 1.65. The maximum absolute atomic E-state index is 12.0. The third-order valence-electron chi connectivity index (χ3n) is 3.10. The van der Waals surface area contributed by atoms with Gasteiger partial charge in [-0.3, -0.25) is 4.79 Å². The zero-order valence-corrected chi connectivity index (χ0v) is 12.0. The molecule has 1 aromatic rings. The molecule has 2 heteroatoms. The van der Waals surface area contributed by atoms with Crippen LogP contribution in [0.25, 0.3) is 0 Å². The summed E-state index contributed by atoms with van der Waals surface area (Å²) in [7, 11) is 0. The average Bonchev–Trinajstić information content (AvgIpc) is 2.28. The Balaban J connectivity index is 2.82. The van der Waals surface area contributed by atoms with Gasteiger partial charge in [-0.15, -0.1) is 6.58 Å². The molecule has 1 N–H and O–H groups in total. The maximum atomic E-state index is 12.0. The molecule has 0 spiro atoms. The predicted octanol–water partition coefficient (Wildman–Crippen LogP) is 4.13. The third kappa shape index (κ3) is 3.46. The van der Waals surface area contributed by atoms with E-state index < -0.39 is 5.41 Å². The summed E-state index contributed by atoms with van der Waals surface area (Å²) < 4.78 is 0. The lowest BCUT2D eigenvalue weighted by molar-refractivity contribution is -0.121. The summed E-state index contributed by atoms with van der Waals surface area (Å²) in [5.74, 6) is -0.0407. The Morgan fingerprint density at radius 3 is 2.00 bits per heavy atom. The van der Waals surface area contributed by atoms with Crippen molar-refractivity contribution >= 4 is 11.6 Å². The molecule has 1 rings (SSSR count). The highest BCUT2D eigenvalue weighted by Gasteiger charge is 2.23. The zero-order chi connectivity index (χ0) is 14.0. The van der Waals surface area contributed by atoms with Gasteiger partial charge < -0.3 is 5.32 Å². The summed E-state index contributed by atoms with van der Waals surface area (Å²) >= 11 is 0. The van der Waals surface area contributed by atoms with E-state index in [1.54, 1.807) is 6.08 Å². The molecule has 0 aliphatic heterocycles. The largest absolute Gasteiger partial charge is 0.325 e. The lowest BCUT2D eigenvalue weighted by atomic mass is 9.87. The van der Waals surface area contributed by atoms with E-state index in [0.29, 0.717) is 0 Å². The first kappa shape index (κ1) is 14.5. The standard InChI is InChI=1S/C16H23NO/c1-7-16(5,6)14(18)17-13-10-8-12(9-11-13)15(2,3)4/h7-11H,1H2,2-6H3,(H,17,18). The third-order valence-corrected chi connectivity index (χ3v) is 3.10. The van der Waals surface area contributed by atoms with E-state index in [1.807, 2.05) is 26.0 Å². The van der Waals surface area contributed by atoms with Gasteiger partial charge in [0.15, 0.2) is 0 Å². The van der Waals surface area contributed by atoms with Crippen molar-refractivity contribution in [3.8, 4) is 0 Å². The summed E-state index contributed by atoms with van der Waals surface area (Å²) in [6, 6.07) is 7.99. The Labute approximate surface area is 110 Å². The number of benzene rings is 1. The smallest absolute Gasteiger partial charge is 0.233 e. The Bertz CT molecular complexity index is 435. The topological polar surface area (TPSA) is 29.1 Å². The first-order valence-corrected chi connectivity index (χ1v) is 6.22. The van der Waals surface area contributed by atoms with Crippen LogP contribution in [0.15, 0.2) is 36.9 Å². The van der Waals surface area contributed by atoms with Crippen LogP contribution in [0.1, 0.15) is 40.2 Å². The van der Waals surface area contributed by atoms with Crippen molar-refractivity contribution in [2.45, 2.75) is 40.0 Å². The molecular formula is C16H23NO. The molecule has 0 aliphatic rings. The van der Waals surface area contributed by atoms with Gasteiger partial charge in [-0.25, -0.2) is 0 Å². The van der Waals surface area contributed by atoms with Crippen LogP contribution in [0.5, 0.6) is 0 Å². The Kier molecular flexibility index (Phi) is 4.00. The lowest BCUT2D eigenvalue weighted by Crippen LogP contribution is -2.28. The van der Waals surface area contributed by atoms with Gasteiger partial charge in [-0.2, -0.15) is 0 Å². The fourth-order valence-electron chi connectivity index (χ4n) is 1.44. The van der Waals surface area contributed by atoms with Gasteiger partial charge in [0.2, 0.25) is 5.91 Å². The van der Waals surface area contributed by atoms with Crippen LogP contribution in [0.3, 0.4) is 0 Å². The minimum atomic E-state index is -0.553. The van der Waals surface area contributed by atoms with Crippen molar-refractivity contribution in [3.05, 3.63) is 42.5 Å². The van der Waals surface area contributed by atoms with Crippen LogP contribution in [0, 0.1) is 5.41 Å². The van der Waals surface area contributed by atoms with Crippen molar-refractivity contribution in [2.75, 3.05) is 5.32 Å². The molecule has 98 valence electrons. The van der Waals surface area contributed by atoms with E-state index in [2.05, 4.69) is 44.8 Å². The summed E-state index contributed by atoms with van der Waals surface area (Å²) in [6.07, 6.45) is 1.66. The van der Waals surface area contributed by atoms with E-state index in [1.165, 1.54) is 5.56 Å². The van der Waals surface area contributed by atoms with Gasteiger partial charge in [0, 0.05) is 5.69 Å². The van der Waals surface area contributed by atoms with Gasteiger partial charge in [0.25, 0.3) is 0 Å². The Morgan fingerprint density at radius 1 is 1.11 bits per heavy atom. The molecule has 0 radical (unpaired) electrons. The van der Waals surface area contributed by atoms with Crippen LogP contribution < -0.4 is 5.32 Å². The molecule has 1 aromatic carbocycles. The molecule has 0 unspecified atom stereocenters. The molecule has 0 bridgehead atoms. The van der Waals surface area contributed by atoms with Crippen LogP contribution in [-0.2, 0) is 10.2 Å². The molecule has 0 aliphatic carbocycles. The highest BCUT2D eigenvalue weighted by Crippen LogP contribution is 2.24. The van der Waals surface area contributed by atoms with Gasteiger partial charge in [-0.05, 0) is 37.0 Å². The van der Waals surface area contributed by atoms with Gasteiger partial charge >= 0.3 is 0 Å². The van der Waals surface area contributed by atoms with E-state index in [-0.39, 0.29) is 11.3 Å². The van der Waals surface area contributed by atoms with Gasteiger partial charge in [0.05, 0.1) is 5.41 Å². The van der Waals surface area contributed by atoms with Crippen LogP contribution >= 0.6 is 0 Å². The Hall–Kier alpha value is -1.57. The van der Waals surface area contributed by atoms with Crippen LogP contribution in [0.4, 0.5) is 5.69 Å². The quantitative estimate of drug-likeness (QED) is 0.797. The number of hydrogen-bond acceptors (Lipinski definition) is 1. The molecule has 0 saturated heterocycles. The predicted molar refractivity (Wildman–Crippen MR) is 77.7 cm³/mol. The van der Waals surface area contributed by atoms with Gasteiger partial charge in [-0.1, -0.05) is 39.0 Å². The second-order valence-corrected chi connectivity index (χ2v) is 6.21. The molecule has 0 saturated carbocycles. The van der Waals surface area contributed by atoms with Gasteiger partial charge in [0.1, 0.15) is 0 Å². The van der Waals surface area contributed by atoms with Crippen LogP contribution in [-0.4, -0.2) is 5.91 Å². The van der Waals surface area contributed by atoms with Crippen molar-refractivity contribution in [1.82, 2.24) is 0 Å². The maximum Gasteiger partial charge on any atom is 0.233 e. The number of amides is 1. The number of hydrogen-bond donors (Lipinski definition) is 1. The van der Waals surface area contributed by atoms with Crippen molar-refractivity contribution in [3.63, 3.8) is 0 Å². The second kappa shape index (κ2) is 4.97. The number of nitrogens with one attached hydrogen (secondary N) is 1. The minimum Gasteiger partial charge on any atom is -0.325 e. The number of carbonyl (C=O) groups excluding carboxylic acids is 1. The average molecular weight is 245 g/mol. The SMILES string of the molecule is C=CC(C)(C)C(=O)Nc1ccc(C(C)(C)C)cc1. The fourth-order valence-corrected chi connectivity index (χ4v) is 1.44. The molecular weight excluding hydrogens is 222 g/mol. The molecule has 1 amide bonds. The van der Waals surface area contributed by atoms with Crippen molar-refractivity contribution in [2.24, 2.45) is 5.41 Å². The number of carbonyl (C=O) groups is 1. The summed E-state index contributed by atoms with van der Waals surface area (Å²) in [4.78, 5) is 12.0. The highest BCUT2D eigenvalue weighted by molar-refractivity contribution is 5.96. The monoisotopic (exact) mass is 245 g/mol. The van der Waals surface area contributed by atoms with E-state index in [4.69, 9.17) is 0 Å². The molecule has 0 heterocycles. The first-order valence-electron chi connectivity index (χ1n) is 6.22. The summed E-state index contributed by atoms with van der Waals surface area (Å²) in [5, 5.41) is 2.90. The summed E-state index contributed by atoms with van der Waals surface area (Å²) in [6.45, 7) is 13.9. The molecule has 2 nitrogen and oxygen atoms in total. The molecule has 0 atom stereocenters. The molecule has 0 aromatic heterocycles. The molecule has 0 fully saturated rings. The van der Waals surface area contributed by atoms with Crippen LogP contribution in [0.2, 0.25) is 0 Å². The van der Waals surface area contributed by atoms with Crippen molar-refractivity contribution in [1.29, 1.82) is 0 Å². The van der Waals surface area contributed by atoms with E-state index in [9.17, 15) is 4.79 Å². The normalized spacial score (nSPS) is 12.1. The zero-order valence-electron chi connectivity index (χ0n) is 12.0. The second-order valence-electron chi connectivity index (χ2n) is 6.21. The highest BCUT2D eigenvalue weighted by atomic mass is 16.2.